The van der Waals surface area contributed by atoms with Crippen LogP contribution in [0.2, 0.25) is 0 Å². The quantitative estimate of drug-likeness (QED) is 0.532. The maximum atomic E-state index is 12.4. The summed E-state index contributed by atoms with van der Waals surface area (Å²) >= 11 is 1.93. The third kappa shape index (κ3) is 6.35. The molecule has 1 aromatic carbocycles. The van der Waals surface area contributed by atoms with Crippen molar-refractivity contribution in [3.05, 3.63) is 47.2 Å². The normalized spacial score (nSPS) is 13.6. The minimum Gasteiger partial charge on any atom is -0.382 e. The van der Waals surface area contributed by atoms with E-state index < -0.39 is 0 Å². The van der Waals surface area contributed by atoms with Crippen LogP contribution in [0.3, 0.4) is 0 Å². The highest BCUT2D eigenvalue weighted by Gasteiger charge is 2.24. The Balaban J connectivity index is 1.58. The Hall–Kier alpha value is -1.55. The first kappa shape index (κ1) is 19.8. The molecule has 0 aliphatic heterocycles. The van der Waals surface area contributed by atoms with Crippen LogP contribution in [0.15, 0.2) is 36.0 Å². The lowest BCUT2D eigenvalue weighted by molar-refractivity contribution is 0.0978. The van der Waals surface area contributed by atoms with Gasteiger partial charge in [-0.2, -0.15) is 11.8 Å². The van der Waals surface area contributed by atoms with Gasteiger partial charge in [0.25, 0.3) is 0 Å². The van der Waals surface area contributed by atoms with Gasteiger partial charge >= 0.3 is 0 Å². The highest BCUT2D eigenvalue weighted by atomic mass is 32.2. The first-order valence-electron chi connectivity index (χ1n) is 9.36. The Bertz CT molecular complexity index is 610. The molecule has 0 saturated heterocycles. The van der Waals surface area contributed by atoms with Gasteiger partial charge in [0.1, 0.15) is 0 Å². The van der Waals surface area contributed by atoms with E-state index in [-0.39, 0.29) is 11.6 Å². The van der Waals surface area contributed by atoms with E-state index in [0.29, 0.717) is 16.8 Å². The van der Waals surface area contributed by atoms with Crippen molar-refractivity contribution in [1.82, 2.24) is 5.32 Å². The summed E-state index contributed by atoms with van der Waals surface area (Å²) in [7, 11) is 0. The summed E-state index contributed by atoms with van der Waals surface area (Å²) in [6, 6.07) is 7.03. The fraction of sp³-hybridized carbons (Fsp3) is 0.524. The Labute approximate surface area is 155 Å². The second-order valence-corrected chi connectivity index (χ2v) is 7.53. The molecule has 0 fully saturated rings. The van der Waals surface area contributed by atoms with E-state index in [2.05, 4.69) is 11.6 Å². The van der Waals surface area contributed by atoms with Crippen LogP contribution in [0.1, 0.15) is 72.1 Å². The van der Waals surface area contributed by atoms with Crippen molar-refractivity contribution >= 4 is 23.3 Å². The van der Waals surface area contributed by atoms with E-state index >= 15 is 0 Å². The Kier molecular flexibility index (Phi) is 8.81. The molecule has 0 radical (unpaired) electrons. The summed E-state index contributed by atoms with van der Waals surface area (Å²) < 4.78 is 0. The van der Waals surface area contributed by atoms with E-state index in [1.807, 2.05) is 11.8 Å². The van der Waals surface area contributed by atoms with E-state index in [1.54, 1.807) is 24.3 Å². The highest BCUT2D eigenvalue weighted by Crippen LogP contribution is 2.19. The van der Waals surface area contributed by atoms with Gasteiger partial charge in [0.15, 0.2) is 5.78 Å². The minimum absolute atomic E-state index is 0.0690. The summed E-state index contributed by atoms with van der Waals surface area (Å²) in [5.74, 6) is 1.13. The number of nitrogens with one attached hydrogen (secondary N) is 1. The van der Waals surface area contributed by atoms with E-state index in [0.717, 1.165) is 13.0 Å². The zero-order chi connectivity index (χ0) is 17.9. The van der Waals surface area contributed by atoms with Crippen LogP contribution in [0.25, 0.3) is 0 Å². The van der Waals surface area contributed by atoms with Crippen LogP contribution in [-0.4, -0.2) is 30.1 Å². The molecular formula is C21H29NO2S. The van der Waals surface area contributed by atoms with Gasteiger partial charge in [-0.1, -0.05) is 62.8 Å². The Morgan fingerprint density at radius 1 is 0.840 bits per heavy atom. The average Bonchev–Trinajstić information content (AvgIpc) is 2.63. The number of ketones is 2. The molecule has 1 aliphatic rings. The number of allylic oxidation sites excluding steroid dienone is 2. The Morgan fingerprint density at radius 2 is 1.44 bits per heavy atom. The van der Waals surface area contributed by atoms with Crippen LogP contribution >= 0.6 is 11.8 Å². The number of unbranched alkanes of at least 4 members (excludes halogenated alkanes) is 7. The lowest BCUT2D eigenvalue weighted by Crippen LogP contribution is -2.27. The standard InChI is InChI=1S/C21H29NO2S/c1-25-15-11-7-5-3-2-4-6-10-14-22-19-16-20(23)17-12-8-9-13-18(17)21(19)24/h8-9,12-13,16,22H,2-7,10-11,14-15H2,1H3. The van der Waals surface area contributed by atoms with E-state index in [4.69, 9.17) is 0 Å². The molecule has 3 nitrogen and oxygen atoms in total. The van der Waals surface area contributed by atoms with Crippen LogP contribution < -0.4 is 5.32 Å². The molecule has 25 heavy (non-hydrogen) atoms. The number of Topliss-reactive ketones (excluding diaryl/α,β-unsaturated/α-hetero) is 1. The van der Waals surface area contributed by atoms with Gasteiger partial charge in [0, 0.05) is 23.7 Å². The van der Waals surface area contributed by atoms with Crippen molar-refractivity contribution in [2.75, 3.05) is 18.6 Å². The van der Waals surface area contributed by atoms with Crippen molar-refractivity contribution < 1.29 is 9.59 Å². The van der Waals surface area contributed by atoms with Crippen molar-refractivity contribution in [1.29, 1.82) is 0 Å². The lowest BCUT2D eigenvalue weighted by Gasteiger charge is -2.16. The molecule has 0 aromatic heterocycles. The third-order valence-corrected chi connectivity index (χ3v) is 5.24. The fourth-order valence-electron chi connectivity index (χ4n) is 3.10. The summed E-state index contributed by atoms with van der Waals surface area (Å²) in [5.41, 5.74) is 1.46. The molecule has 136 valence electrons. The predicted octanol–water partition coefficient (Wildman–Crippen LogP) is 5.02. The van der Waals surface area contributed by atoms with E-state index in [9.17, 15) is 9.59 Å². The van der Waals surface area contributed by atoms with Gasteiger partial charge < -0.3 is 5.32 Å². The molecule has 2 rings (SSSR count). The number of hydrogen-bond donors (Lipinski definition) is 1. The average molecular weight is 360 g/mol. The van der Waals surface area contributed by atoms with Crippen LogP contribution in [0, 0.1) is 0 Å². The van der Waals surface area contributed by atoms with Gasteiger partial charge in [-0.25, -0.2) is 0 Å². The molecule has 0 bridgehead atoms. The number of rotatable bonds is 12. The molecule has 4 heteroatoms. The van der Waals surface area contributed by atoms with Gasteiger partial charge in [0.2, 0.25) is 5.78 Å². The fourth-order valence-corrected chi connectivity index (χ4v) is 3.59. The highest BCUT2D eigenvalue weighted by molar-refractivity contribution is 7.98. The van der Waals surface area contributed by atoms with Crippen molar-refractivity contribution in [3.63, 3.8) is 0 Å². The van der Waals surface area contributed by atoms with Gasteiger partial charge in [0.05, 0.1) is 5.70 Å². The molecule has 0 amide bonds. The maximum absolute atomic E-state index is 12.4. The number of thioether (sulfide) groups is 1. The van der Waals surface area contributed by atoms with Crippen LogP contribution in [-0.2, 0) is 0 Å². The predicted molar refractivity (Wildman–Crippen MR) is 107 cm³/mol. The smallest absolute Gasteiger partial charge is 0.209 e. The number of hydrogen-bond acceptors (Lipinski definition) is 4. The first-order valence-corrected chi connectivity index (χ1v) is 10.8. The lowest BCUT2D eigenvalue weighted by atomic mass is 9.93. The third-order valence-electron chi connectivity index (χ3n) is 4.55. The number of fused-ring (bicyclic) bond motifs is 1. The molecular weight excluding hydrogens is 330 g/mol. The van der Waals surface area contributed by atoms with Crippen molar-refractivity contribution in [2.24, 2.45) is 0 Å². The largest absolute Gasteiger partial charge is 0.382 e. The number of benzene rings is 1. The number of carbonyl (C=O) groups is 2. The van der Waals surface area contributed by atoms with Gasteiger partial charge in [-0.15, -0.1) is 0 Å². The summed E-state index contributed by atoms with van der Waals surface area (Å²) in [4.78, 5) is 24.5. The Morgan fingerprint density at radius 3 is 2.12 bits per heavy atom. The second kappa shape index (κ2) is 11.1. The molecule has 0 spiro atoms. The topological polar surface area (TPSA) is 46.2 Å². The summed E-state index contributed by atoms with van der Waals surface area (Å²) in [5, 5.41) is 3.16. The molecule has 1 aliphatic carbocycles. The van der Waals surface area contributed by atoms with Crippen molar-refractivity contribution in [2.45, 2.75) is 51.4 Å². The maximum Gasteiger partial charge on any atom is 0.209 e. The summed E-state index contributed by atoms with van der Waals surface area (Å²) in [6.07, 6.45) is 13.7. The van der Waals surface area contributed by atoms with Gasteiger partial charge in [-0.3, -0.25) is 9.59 Å². The van der Waals surface area contributed by atoms with Crippen LogP contribution in [0.4, 0.5) is 0 Å². The molecule has 1 N–H and O–H groups in total. The molecule has 0 heterocycles. The summed E-state index contributed by atoms with van der Waals surface area (Å²) in [6.45, 7) is 0.751. The zero-order valence-corrected chi connectivity index (χ0v) is 16.0. The molecule has 0 atom stereocenters. The SMILES string of the molecule is CSCCCCCCCCCCNC1=CC(=O)c2ccccc2C1=O. The van der Waals surface area contributed by atoms with Crippen molar-refractivity contribution in [3.8, 4) is 0 Å². The molecule has 0 unspecified atom stereocenters. The zero-order valence-electron chi connectivity index (χ0n) is 15.2. The van der Waals surface area contributed by atoms with Gasteiger partial charge in [-0.05, 0) is 24.9 Å². The first-order chi connectivity index (χ1) is 12.2. The molecule has 0 saturated carbocycles. The van der Waals surface area contributed by atoms with Crippen LogP contribution in [0.5, 0.6) is 0 Å². The van der Waals surface area contributed by atoms with E-state index in [1.165, 1.54) is 56.8 Å². The monoisotopic (exact) mass is 359 g/mol. The minimum atomic E-state index is -0.0841. The molecule has 1 aromatic rings. The second-order valence-electron chi connectivity index (χ2n) is 6.54. The number of carbonyl (C=O) groups excluding carboxylic acids is 2.